The third-order valence-electron chi connectivity index (χ3n) is 2.77. The average molecular weight is 263 g/mol. The Kier molecular flexibility index (Phi) is 4.73. The van der Waals surface area contributed by atoms with Gasteiger partial charge in [-0.1, -0.05) is 13.8 Å². The maximum absolute atomic E-state index is 13.1. The van der Waals surface area contributed by atoms with E-state index in [-0.39, 0.29) is 5.56 Å². The monoisotopic (exact) mass is 263 g/mol. The number of hydrogen-bond donors (Lipinski definition) is 1. The average Bonchev–Trinajstić information content (AvgIpc) is 2.23. The molecule has 1 rings (SSSR count). The van der Waals surface area contributed by atoms with Crippen LogP contribution in [0.15, 0.2) is 18.2 Å². The lowest BCUT2D eigenvalue weighted by Crippen LogP contribution is -2.18. The van der Waals surface area contributed by atoms with E-state index in [0.717, 1.165) is 18.2 Å². The van der Waals surface area contributed by atoms with Crippen LogP contribution in [0.25, 0.3) is 0 Å². The van der Waals surface area contributed by atoms with Gasteiger partial charge in [0.25, 0.3) is 0 Å². The summed E-state index contributed by atoms with van der Waals surface area (Å²) >= 11 is 0. The highest BCUT2D eigenvalue weighted by Gasteiger charge is 2.34. The summed E-state index contributed by atoms with van der Waals surface area (Å²) in [5.41, 5.74) is 4.73. The van der Waals surface area contributed by atoms with Gasteiger partial charge in [0.15, 0.2) is 0 Å². The fourth-order valence-corrected chi connectivity index (χ4v) is 1.77. The van der Waals surface area contributed by atoms with Crippen LogP contribution in [0.4, 0.5) is 17.6 Å². The molecule has 0 aromatic heterocycles. The normalized spacial score (nSPS) is 14.0. The van der Waals surface area contributed by atoms with Gasteiger partial charge in [-0.25, -0.2) is 4.39 Å². The molecule has 0 spiro atoms. The van der Waals surface area contributed by atoms with Crippen molar-refractivity contribution in [1.29, 1.82) is 0 Å². The quantitative estimate of drug-likeness (QED) is 0.806. The summed E-state index contributed by atoms with van der Waals surface area (Å²) in [7, 11) is 0. The van der Waals surface area contributed by atoms with E-state index in [0.29, 0.717) is 18.8 Å². The van der Waals surface area contributed by atoms with E-state index in [1.54, 1.807) is 0 Å². The Morgan fingerprint density at radius 1 is 1.17 bits per heavy atom. The van der Waals surface area contributed by atoms with Crippen molar-refractivity contribution >= 4 is 0 Å². The van der Waals surface area contributed by atoms with Gasteiger partial charge in [0.1, 0.15) is 5.82 Å². The van der Waals surface area contributed by atoms with Gasteiger partial charge in [0.2, 0.25) is 0 Å². The number of alkyl halides is 3. The van der Waals surface area contributed by atoms with Gasteiger partial charge in [-0.3, -0.25) is 0 Å². The highest BCUT2D eigenvalue weighted by Crippen LogP contribution is 2.35. The maximum atomic E-state index is 13.1. The highest BCUT2D eigenvalue weighted by atomic mass is 19.4. The van der Waals surface area contributed by atoms with Crippen molar-refractivity contribution in [3.05, 3.63) is 35.1 Å². The molecule has 0 heterocycles. The first kappa shape index (κ1) is 15.0. The zero-order valence-corrected chi connectivity index (χ0v) is 10.4. The zero-order chi connectivity index (χ0) is 13.9. The van der Waals surface area contributed by atoms with Crippen LogP contribution in [-0.2, 0) is 6.18 Å². The molecule has 102 valence electrons. The van der Waals surface area contributed by atoms with Crippen molar-refractivity contribution in [3.8, 4) is 0 Å². The molecule has 1 nitrogen and oxygen atoms in total. The lowest BCUT2D eigenvalue weighted by Gasteiger charge is -2.19. The number of rotatable bonds is 4. The standard InChI is InChI=1S/C13H17F4N/c1-8(2)3-6-12(18)10-7-9(14)4-5-11(10)13(15,16)17/h4-5,7-8,12H,3,6,18H2,1-2H3. The van der Waals surface area contributed by atoms with Crippen LogP contribution in [0.3, 0.4) is 0 Å². The van der Waals surface area contributed by atoms with Crippen molar-refractivity contribution in [1.82, 2.24) is 0 Å². The molecule has 0 aliphatic heterocycles. The zero-order valence-electron chi connectivity index (χ0n) is 10.4. The van der Waals surface area contributed by atoms with Crippen molar-refractivity contribution in [3.63, 3.8) is 0 Å². The molecule has 0 saturated carbocycles. The SMILES string of the molecule is CC(C)CCC(N)c1cc(F)ccc1C(F)(F)F. The molecular formula is C13H17F4N. The van der Waals surface area contributed by atoms with E-state index < -0.39 is 23.6 Å². The van der Waals surface area contributed by atoms with Crippen molar-refractivity contribution in [2.75, 3.05) is 0 Å². The van der Waals surface area contributed by atoms with E-state index >= 15 is 0 Å². The molecule has 0 radical (unpaired) electrons. The van der Waals surface area contributed by atoms with Gasteiger partial charge in [-0.2, -0.15) is 13.2 Å². The van der Waals surface area contributed by atoms with Crippen molar-refractivity contribution < 1.29 is 17.6 Å². The Bertz CT molecular complexity index is 398. The first-order valence-corrected chi connectivity index (χ1v) is 5.84. The van der Waals surface area contributed by atoms with E-state index in [2.05, 4.69) is 0 Å². The molecule has 0 fully saturated rings. The maximum Gasteiger partial charge on any atom is 0.416 e. The molecule has 18 heavy (non-hydrogen) atoms. The number of benzene rings is 1. The van der Waals surface area contributed by atoms with Crippen LogP contribution in [-0.4, -0.2) is 0 Å². The molecule has 0 aliphatic rings. The van der Waals surface area contributed by atoms with Gasteiger partial charge < -0.3 is 5.73 Å². The Labute approximate surface area is 104 Å². The van der Waals surface area contributed by atoms with Crippen LogP contribution in [0.2, 0.25) is 0 Å². The summed E-state index contributed by atoms with van der Waals surface area (Å²) in [6, 6.07) is 1.65. The number of nitrogens with two attached hydrogens (primary N) is 1. The molecule has 0 amide bonds. The van der Waals surface area contributed by atoms with E-state index in [4.69, 9.17) is 5.73 Å². The van der Waals surface area contributed by atoms with Crippen molar-refractivity contribution in [2.24, 2.45) is 11.7 Å². The van der Waals surface area contributed by atoms with E-state index in [1.165, 1.54) is 0 Å². The molecule has 1 atom stereocenters. The Morgan fingerprint density at radius 2 is 1.78 bits per heavy atom. The van der Waals surface area contributed by atoms with Crippen molar-refractivity contribution in [2.45, 2.75) is 38.9 Å². The fourth-order valence-electron chi connectivity index (χ4n) is 1.77. The van der Waals surface area contributed by atoms with E-state index in [9.17, 15) is 17.6 Å². The van der Waals surface area contributed by atoms with E-state index in [1.807, 2.05) is 13.8 Å². The summed E-state index contributed by atoms with van der Waals surface area (Å²) in [6.07, 6.45) is -3.39. The first-order valence-electron chi connectivity index (χ1n) is 5.84. The Balaban J connectivity index is 3.02. The second-order valence-corrected chi connectivity index (χ2v) is 4.81. The smallest absolute Gasteiger partial charge is 0.324 e. The lowest BCUT2D eigenvalue weighted by atomic mass is 9.94. The van der Waals surface area contributed by atoms with Crippen LogP contribution in [0, 0.1) is 11.7 Å². The minimum Gasteiger partial charge on any atom is -0.324 e. The van der Waals surface area contributed by atoms with Crippen LogP contribution < -0.4 is 5.73 Å². The minimum atomic E-state index is -4.50. The summed E-state index contributed by atoms with van der Waals surface area (Å²) in [5.74, 6) is -0.350. The predicted molar refractivity (Wildman–Crippen MR) is 62.4 cm³/mol. The second kappa shape index (κ2) is 5.69. The van der Waals surface area contributed by atoms with Gasteiger partial charge in [0, 0.05) is 6.04 Å². The van der Waals surface area contributed by atoms with Gasteiger partial charge in [-0.05, 0) is 42.5 Å². The Hall–Kier alpha value is -1.10. The molecular weight excluding hydrogens is 246 g/mol. The predicted octanol–water partition coefficient (Wildman–Crippen LogP) is 4.28. The molecule has 1 unspecified atom stereocenters. The van der Waals surface area contributed by atoms with Gasteiger partial charge in [0.05, 0.1) is 5.56 Å². The summed E-state index contributed by atoms with van der Waals surface area (Å²) in [5, 5.41) is 0. The largest absolute Gasteiger partial charge is 0.416 e. The number of hydrogen-bond acceptors (Lipinski definition) is 1. The van der Waals surface area contributed by atoms with Crippen LogP contribution >= 0.6 is 0 Å². The topological polar surface area (TPSA) is 26.0 Å². The molecule has 2 N–H and O–H groups in total. The Morgan fingerprint density at radius 3 is 2.28 bits per heavy atom. The molecule has 0 aliphatic carbocycles. The second-order valence-electron chi connectivity index (χ2n) is 4.81. The minimum absolute atomic E-state index is 0.164. The molecule has 1 aromatic carbocycles. The molecule has 0 bridgehead atoms. The third kappa shape index (κ3) is 3.98. The summed E-state index contributed by atoms with van der Waals surface area (Å²) in [4.78, 5) is 0. The lowest BCUT2D eigenvalue weighted by molar-refractivity contribution is -0.138. The molecule has 5 heteroatoms. The molecule has 1 aromatic rings. The summed E-state index contributed by atoms with van der Waals surface area (Å²) < 4.78 is 51.4. The third-order valence-corrected chi connectivity index (χ3v) is 2.77. The molecule has 0 saturated heterocycles. The van der Waals surface area contributed by atoms with Gasteiger partial charge >= 0.3 is 6.18 Å². The number of halogens is 4. The fraction of sp³-hybridized carbons (Fsp3) is 0.538. The first-order chi connectivity index (χ1) is 8.21. The van der Waals surface area contributed by atoms with Crippen LogP contribution in [0.1, 0.15) is 43.9 Å². The van der Waals surface area contributed by atoms with Gasteiger partial charge in [-0.15, -0.1) is 0 Å². The summed E-state index contributed by atoms with van der Waals surface area (Å²) in [6.45, 7) is 3.92. The van der Waals surface area contributed by atoms with Crippen LogP contribution in [0.5, 0.6) is 0 Å². The highest BCUT2D eigenvalue weighted by molar-refractivity contribution is 5.32.